The van der Waals surface area contributed by atoms with Crippen LogP contribution < -0.4 is 5.73 Å². The van der Waals surface area contributed by atoms with Crippen LogP contribution in [0.3, 0.4) is 0 Å². The summed E-state index contributed by atoms with van der Waals surface area (Å²) in [5.74, 6) is 0.279. The summed E-state index contributed by atoms with van der Waals surface area (Å²) >= 11 is 4.75. The highest BCUT2D eigenvalue weighted by Gasteiger charge is 2.31. The van der Waals surface area contributed by atoms with E-state index in [2.05, 4.69) is 15.9 Å². The van der Waals surface area contributed by atoms with Gasteiger partial charge in [0.15, 0.2) is 0 Å². The third kappa shape index (κ3) is 3.67. The van der Waals surface area contributed by atoms with Crippen molar-refractivity contribution in [2.45, 2.75) is 26.1 Å². The van der Waals surface area contributed by atoms with Crippen molar-refractivity contribution in [1.29, 1.82) is 0 Å². The van der Waals surface area contributed by atoms with Gasteiger partial charge < -0.3 is 5.73 Å². The van der Waals surface area contributed by atoms with Crippen molar-refractivity contribution in [3.63, 3.8) is 0 Å². The number of hydrogen-bond donors (Lipinski definition) is 1. The minimum atomic E-state index is -4.34. The van der Waals surface area contributed by atoms with Crippen molar-refractivity contribution in [3.8, 4) is 10.4 Å². The zero-order valence-corrected chi connectivity index (χ0v) is 13.9. The van der Waals surface area contributed by atoms with E-state index in [-0.39, 0.29) is 12.0 Å². The van der Waals surface area contributed by atoms with Gasteiger partial charge in [-0.15, -0.1) is 11.3 Å². The van der Waals surface area contributed by atoms with Gasteiger partial charge in [0.25, 0.3) is 0 Å². The highest BCUT2D eigenvalue weighted by molar-refractivity contribution is 9.10. The van der Waals surface area contributed by atoms with Crippen molar-refractivity contribution in [1.82, 2.24) is 0 Å². The summed E-state index contributed by atoms with van der Waals surface area (Å²) < 4.78 is 39.1. The number of hydrogen-bond acceptors (Lipinski definition) is 2. The Morgan fingerprint density at radius 2 is 1.81 bits per heavy atom. The Balaban J connectivity index is 2.43. The average Bonchev–Trinajstić information content (AvgIpc) is 2.86. The Morgan fingerprint density at radius 3 is 2.38 bits per heavy atom. The van der Waals surface area contributed by atoms with Crippen LogP contribution in [0.4, 0.5) is 13.2 Å². The maximum Gasteiger partial charge on any atom is 0.416 e. The molecule has 2 N–H and O–H groups in total. The normalized spacial score (nSPS) is 13.7. The Labute approximate surface area is 134 Å². The van der Waals surface area contributed by atoms with E-state index >= 15 is 0 Å². The standard InChI is InChI=1S/C15H15BrF3NS/c1-8(2)14(20)13-6-5-12(21-13)10-7-9(15(17,18)19)3-4-11(10)16/h3-8,14H,20H2,1-2H3. The first-order valence-corrected chi connectivity index (χ1v) is 8.03. The molecule has 1 heterocycles. The zero-order chi connectivity index (χ0) is 15.8. The second-order valence-corrected chi connectivity index (χ2v) is 7.13. The molecular formula is C15H15BrF3NS. The molecular weight excluding hydrogens is 363 g/mol. The fourth-order valence-electron chi connectivity index (χ4n) is 1.90. The van der Waals surface area contributed by atoms with Gasteiger partial charge in [0.05, 0.1) is 5.56 Å². The van der Waals surface area contributed by atoms with Crippen LogP contribution in [0.15, 0.2) is 34.8 Å². The van der Waals surface area contributed by atoms with Gasteiger partial charge in [-0.3, -0.25) is 0 Å². The van der Waals surface area contributed by atoms with Crippen LogP contribution in [0.5, 0.6) is 0 Å². The van der Waals surface area contributed by atoms with E-state index in [1.165, 1.54) is 23.5 Å². The Bertz CT molecular complexity index is 634. The maximum absolute atomic E-state index is 12.8. The van der Waals surface area contributed by atoms with E-state index in [0.717, 1.165) is 15.8 Å². The second kappa shape index (κ2) is 6.10. The number of thiophene rings is 1. The summed E-state index contributed by atoms with van der Waals surface area (Å²) in [6.07, 6.45) is -4.34. The molecule has 0 aliphatic heterocycles. The van der Waals surface area contributed by atoms with Crippen molar-refractivity contribution in [2.75, 3.05) is 0 Å². The van der Waals surface area contributed by atoms with Gasteiger partial charge >= 0.3 is 6.18 Å². The highest BCUT2D eigenvalue weighted by Crippen LogP contribution is 2.39. The lowest BCUT2D eigenvalue weighted by atomic mass is 10.0. The van der Waals surface area contributed by atoms with Gasteiger partial charge in [0, 0.05) is 25.8 Å². The third-order valence-corrected chi connectivity index (χ3v) is 5.14. The van der Waals surface area contributed by atoms with Gasteiger partial charge in [0.2, 0.25) is 0 Å². The second-order valence-electron chi connectivity index (χ2n) is 5.16. The van der Waals surface area contributed by atoms with E-state index in [4.69, 9.17) is 5.73 Å². The number of nitrogens with two attached hydrogens (primary N) is 1. The van der Waals surface area contributed by atoms with Gasteiger partial charge in [-0.05, 0) is 36.2 Å². The van der Waals surface area contributed by atoms with Crippen molar-refractivity contribution in [2.24, 2.45) is 11.7 Å². The molecule has 0 saturated carbocycles. The molecule has 1 unspecified atom stereocenters. The van der Waals surface area contributed by atoms with Crippen LogP contribution in [0, 0.1) is 5.92 Å². The molecule has 0 fully saturated rings. The van der Waals surface area contributed by atoms with Crippen LogP contribution in [0.2, 0.25) is 0 Å². The average molecular weight is 378 g/mol. The smallest absolute Gasteiger partial charge is 0.323 e. The Kier molecular flexibility index (Phi) is 4.80. The highest BCUT2D eigenvalue weighted by atomic mass is 79.9. The Hall–Kier alpha value is -0.850. The molecule has 0 spiro atoms. The van der Waals surface area contributed by atoms with Crippen LogP contribution in [0.1, 0.15) is 30.3 Å². The van der Waals surface area contributed by atoms with E-state index < -0.39 is 11.7 Å². The molecule has 0 amide bonds. The SMILES string of the molecule is CC(C)C(N)c1ccc(-c2cc(C(F)(F)F)ccc2Br)s1. The zero-order valence-electron chi connectivity index (χ0n) is 11.5. The first-order chi connectivity index (χ1) is 9.70. The summed E-state index contributed by atoms with van der Waals surface area (Å²) in [6.45, 7) is 4.04. The molecule has 21 heavy (non-hydrogen) atoms. The third-order valence-electron chi connectivity index (χ3n) is 3.23. The van der Waals surface area contributed by atoms with Crippen LogP contribution in [-0.2, 0) is 6.18 Å². The summed E-state index contributed by atoms with van der Waals surface area (Å²) in [7, 11) is 0. The fraction of sp³-hybridized carbons (Fsp3) is 0.333. The molecule has 6 heteroatoms. The minimum absolute atomic E-state index is 0.103. The first kappa shape index (κ1) is 16.5. The largest absolute Gasteiger partial charge is 0.416 e. The van der Waals surface area contributed by atoms with E-state index in [1.807, 2.05) is 26.0 Å². The molecule has 2 rings (SSSR count). The number of alkyl halides is 3. The molecule has 0 aliphatic carbocycles. The first-order valence-electron chi connectivity index (χ1n) is 6.42. The topological polar surface area (TPSA) is 26.0 Å². The lowest BCUT2D eigenvalue weighted by molar-refractivity contribution is -0.137. The van der Waals surface area contributed by atoms with Crippen molar-refractivity contribution < 1.29 is 13.2 Å². The molecule has 2 aromatic rings. The number of rotatable bonds is 3. The molecule has 114 valence electrons. The Morgan fingerprint density at radius 1 is 1.14 bits per heavy atom. The lowest BCUT2D eigenvalue weighted by Crippen LogP contribution is -2.14. The predicted octanol–water partition coefficient (Wildman–Crippen LogP) is 5.85. The monoisotopic (exact) mass is 377 g/mol. The van der Waals surface area contributed by atoms with Crippen LogP contribution in [0.25, 0.3) is 10.4 Å². The summed E-state index contributed by atoms with van der Waals surface area (Å²) in [5, 5.41) is 0. The van der Waals surface area contributed by atoms with Gasteiger partial charge in [-0.25, -0.2) is 0 Å². The fourth-order valence-corrected chi connectivity index (χ4v) is 3.70. The van der Waals surface area contributed by atoms with Gasteiger partial charge in [-0.2, -0.15) is 13.2 Å². The van der Waals surface area contributed by atoms with E-state index in [1.54, 1.807) is 0 Å². The van der Waals surface area contributed by atoms with Crippen molar-refractivity contribution in [3.05, 3.63) is 45.2 Å². The van der Waals surface area contributed by atoms with E-state index in [9.17, 15) is 13.2 Å². The summed E-state index contributed by atoms with van der Waals surface area (Å²) in [4.78, 5) is 1.75. The minimum Gasteiger partial charge on any atom is -0.323 e. The molecule has 0 bridgehead atoms. The number of halogens is 4. The molecule has 1 aromatic heterocycles. The van der Waals surface area contributed by atoms with Crippen LogP contribution in [-0.4, -0.2) is 0 Å². The number of benzene rings is 1. The predicted molar refractivity (Wildman–Crippen MR) is 84.2 cm³/mol. The summed E-state index contributed by atoms with van der Waals surface area (Å²) in [6, 6.07) is 7.27. The molecule has 1 aromatic carbocycles. The van der Waals surface area contributed by atoms with E-state index in [0.29, 0.717) is 10.0 Å². The van der Waals surface area contributed by atoms with Crippen molar-refractivity contribution >= 4 is 27.3 Å². The van der Waals surface area contributed by atoms with Gasteiger partial charge in [-0.1, -0.05) is 29.8 Å². The van der Waals surface area contributed by atoms with Gasteiger partial charge in [0.1, 0.15) is 0 Å². The maximum atomic E-state index is 12.8. The quantitative estimate of drug-likeness (QED) is 0.712. The molecule has 1 atom stereocenters. The molecule has 1 nitrogen and oxygen atoms in total. The molecule has 0 aliphatic rings. The summed E-state index contributed by atoms with van der Waals surface area (Å²) in [5.41, 5.74) is 5.97. The molecule has 0 radical (unpaired) electrons. The molecule has 0 saturated heterocycles. The lowest BCUT2D eigenvalue weighted by Gasteiger charge is -2.13. The van der Waals surface area contributed by atoms with Crippen LogP contribution >= 0.6 is 27.3 Å².